The molecule has 0 aromatic heterocycles. The molecular weight excluding hydrogens is 421 g/mol. The first-order chi connectivity index (χ1) is 11.2. The molecule has 1 unspecified atom stereocenters. The van der Waals surface area contributed by atoms with E-state index in [0.717, 1.165) is 25.0 Å². The van der Waals surface area contributed by atoms with Gasteiger partial charge in [-0.05, 0) is 43.9 Å². The number of aliphatic imine (C=N–C) groups is 1. The van der Waals surface area contributed by atoms with Crippen molar-refractivity contribution in [3.05, 3.63) is 23.8 Å². The number of nitrogens with zero attached hydrogens (tertiary/aromatic N) is 1. The van der Waals surface area contributed by atoms with E-state index in [0.29, 0.717) is 17.1 Å². The van der Waals surface area contributed by atoms with Gasteiger partial charge in [-0.3, -0.25) is 4.99 Å². The number of guanidine groups is 1. The number of methoxy groups -OCH3 is 2. The fourth-order valence-electron chi connectivity index (χ4n) is 2.28. The number of aliphatic hydroxyl groups excluding tert-OH is 1. The smallest absolute Gasteiger partial charge is 0.191 e. The molecule has 0 bridgehead atoms. The van der Waals surface area contributed by atoms with Crippen molar-refractivity contribution in [1.29, 1.82) is 0 Å². The number of nitrogens with one attached hydrogen (secondary N) is 2. The zero-order chi connectivity index (χ0) is 16.7. The maximum absolute atomic E-state index is 10.5. The Kier molecular flexibility index (Phi) is 9.20. The van der Waals surface area contributed by atoms with Crippen LogP contribution in [0.1, 0.15) is 31.4 Å². The number of hydrogen-bond donors (Lipinski definition) is 3. The first kappa shape index (κ1) is 20.8. The van der Waals surface area contributed by atoms with Gasteiger partial charge >= 0.3 is 0 Å². The highest BCUT2D eigenvalue weighted by Gasteiger charge is 2.21. The van der Waals surface area contributed by atoms with Crippen LogP contribution in [0.2, 0.25) is 0 Å². The summed E-state index contributed by atoms with van der Waals surface area (Å²) in [6, 6.07) is 5.38. The zero-order valence-electron chi connectivity index (χ0n) is 14.5. The molecule has 2 rings (SSSR count). The number of ether oxygens (including phenoxy) is 2. The fraction of sp³-hybridized carbons (Fsp3) is 0.588. The molecule has 24 heavy (non-hydrogen) atoms. The summed E-state index contributed by atoms with van der Waals surface area (Å²) < 4.78 is 10.5. The second kappa shape index (κ2) is 10.6. The Balaban J connectivity index is 0.00000288. The van der Waals surface area contributed by atoms with Gasteiger partial charge in [0.2, 0.25) is 0 Å². The van der Waals surface area contributed by atoms with Crippen LogP contribution in [-0.2, 0) is 0 Å². The first-order valence-corrected chi connectivity index (χ1v) is 8.10. The van der Waals surface area contributed by atoms with Gasteiger partial charge in [0, 0.05) is 18.7 Å². The van der Waals surface area contributed by atoms with Crippen molar-refractivity contribution in [2.45, 2.75) is 25.9 Å². The zero-order valence-corrected chi connectivity index (χ0v) is 16.9. The highest BCUT2D eigenvalue weighted by atomic mass is 127. The third-order valence-corrected chi connectivity index (χ3v) is 3.82. The Hall–Kier alpha value is -1.22. The highest BCUT2D eigenvalue weighted by Crippen LogP contribution is 2.29. The van der Waals surface area contributed by atoms with Crippen LogP contribution in [0.25, 0.3) is 0 Å². The number of benzene rings is 1. The molecule has 1 aromatic carbocycles. The Morgan fingerprint density at radius 2 is 2.04 bits per heavy atom. The number of halogens is 1. The molecule has 0 amide bonds. The van der Waals surface area contributed by atoms with Gasteiger partial charge in [0.05, 0.1) is 20.8 Å². The van der Waals surface area contributed by atoms with Crippen LogP contribution in [0.15, 0.2) is 23.2 Å². The van der Waals surface area contributed by atoms with Gasteiger partial charge in [0.1, 0.15) is 17.6 Å². The van der Waals surface area contributed by atoms with Gasteiger partial charge in [-0.25, -0.2) is 0 Å². The maximum atomic E-state index is 10.5. The Bertz CT molecular complexity index is 536. The lowest BCUT2D eigenvalue weighted by Gasteiger charge is -2.16. The largest absolute Gasteiger partial charge is 0.497 e. The SMILES string of the molecule is CCNC(=NCC(O)c1cc(OC)ccc1OC)NCC1CC1.I. The summed E-state index contributed by atoms with van der Waals surface area (Å²) >= 11 is 0. The minimum absolute atomic E-state index is 0. The second-order valence-electron chi connectivity index (χ2n) is 5.67. The molecule has 1 aliphatic rings. The minimum Gasteiger partial charge on any atom is -0.497 e. The standard InChI is InChI=1S/C17H27N3O3.HI/c1-4-18-17(19-10-12-5-6-12)20-11-15(21)14-9-13(22-2)7-8-16(14)23-3;/h7-9,12,15,21H,4-6,10-11H2,1-3H3,(H2,18,19,20);1H. The van der Waals surface area contributed by atoms with Crippen LogP contribution in [0.4, 0.5) is 0 Å². The van der Waals surface area contributed by atoms with E-state index in [1.165, 1.54) is 12.8 Å². The van der Waals surface area contributed by atoms with E-state index in [9.17, 15) is 5.11 Å². The maximum Gasteiger partial charge on any atom is 0.191 e. The summed E-state index contributed by atoms with van der Waals surface area (Å²) in [4.78, 5) is 4.47. The molecule has 0 aliphatic heterocycles. The Labute approximate surface area is 161 Å². The van der Waals surface area contributed by atoms with E-state index >= 15 is 0 Å². The molecule has 136 valence electrons. The van der Waals surface area contributed by atoms with Crippen LogP contribution in [0.5, 0.6) is 11.5 Å². The van der Waals surface area contributed by atoms with Crippen LogP contribution in [0, 0.1) is 5.92 Å². The average molecular weight is 449 g/mol. The van der Waals surface area contributed by atoms with Gasteiger partial charge < -0.3 is 25.2 Å². The lowest BCUT2D eigenvalue weighted by molar-refractivity contribution is 0.182. The van der Waals surface area contributed by atoms with Gasteiger partial charge in [-0.15, -0.1) is 24.0 Å². The van der Waals surface area contributed by atoms with Gasteiger partial charge in [0.15, 0.2) is 5.96 Å². The molecule has 0 spiro atoms. The monoisotopic (exact) mass is 449 g/mol. The van der Waals surface area contributed by atoms with E-state index in [4.69, 9.17) is 9.47 Å². The number of rotatable bonds is 8. The second-order valence-corrected chi connectivity index (χ2v) is 5.67. The van der Waals surface area contributed by atoms with Crippen molar-refractivity contribution in [3.63, 3.8) is 0 Å². The summed E-state index contributed by atoms with van der Waals surface area (Å²) in [5, 5.41) is 17.0. The van der Waals surface area contributed by atoms with Crippen molar-refractivity contribution in [1.82, 2.24) is 10.6 Å². The van der Waals surface area contributed by atoms with Crippen molar-refractivity contribution >= 4 is 29.9 Å². The Morgan fingerprint density at radius 1 is 1.29 bits per heavy atom. The fourth-order valence-corrected chi connectivity index (χ4v) is 2.28. The molecule has 3 N–H and O–H groups in total. The van der Waals surface area contributed by atoms with Crippen molar-refractivity contribution in [3.8, 4) is 11.5 Å². The van der Waals surface area contributed by atoms with E-state index < -0.39 is 6.10 Å². The molecule has 0 heterocycles. The topological polar surface area (TPSA) is 75.1 Å². The van der Waals surface area contributed by atoms with E-state index in [-0.39, 0.29) is 30.5 Å². The summed E-state index contributed by atoms with van der Waals surface area (Å²) in [6.07, 6.45) is 1.82. The lowest BCUT2D eigenvalue weighted by atomic mass is 10.1. The lowest BCUT2D eigenvalue weighted by Crippen LogP contribution is -2.38. The molecule has 1 aliphatic carbocycles. The summed E-state index contributed by atoms with van der Waals surface area (Å²) in [5.41, 5.74) is 0.675. The van der Waals surface area contributed by atoms with Gasteiger partial charge in [-0.1, -0.05) is 0 Å². The predicted octanol–water partition coefficient (Wildman–Crippen LogP) is 2.32. The minimum atomic E-state index is -0.753. The molecule has 7 heteroatoms. The molecule has 1 aromatic rings. The molecule has 1 fully saturated rings. The summed E-state index contributed by atoms with van der Waals surface area (Å²) in [5.74, 6) is 2.81. The average Bonchev–Trinajstić information content (AvgIpc) is 3.40. The van der Waals surface area contributed by atoms with Crippen molar-refractivity contribution in [2.75, 3.05) is 33.9 Å². The highest BCUT2D eigenvalue weighted by molar-refractivity contribution is 14.0. The predicted molar refractivity (Wildman–Crippen MR) is 107 cm³/mol. The Morgan fingerprint density at radius 3 is 2.62 bits per heavy atom. The van der Waals surface area contributed by atoms with Crippen LogP contribution in [0.3, 0.4) is 0 Å². The number of hydrogen-bond acceptors (Lipinski definition) is 4. The summed E-state index contributed by atoms with van der Waals surface area (Å²) in [7, 11) is 3.18. The molecule has 1 atom stereocenters. The number of aliphatic hydroxyl groups is 1. The third kappa shape index (κ3) is 6.35. The van der Waals surface area contributed by atoms with Crippen molar-refractivity contribution in [2.24, 2.45) is 10.9 Å². The first-order valence-electron chi connectivity index (χ1n) is 8.10. The molecule has 0 radical (unpaired) electrons. The van der Waals surface area contributed by atoms with Crippen LogP contribution >= 0.6 is 24.0 Å². The van der Waals surface area contributed by atoms with Crippen LogP contribution in [-0.4, -0.2) is 44.9 Å². The van der Waals surface area contributed by atoms with E-state index in [1.54, 1.807) is 32.4 Å². The van der Waals surface area contributed by atoms with Gasteiger partial charge in [0.25, 0.3) is 0 Å². The van der Waals surface area contributed by atoms with E-state index in [1.807, 2.05) is 6.92 Å². The molecular formula is C17H28IN3O3. The van der Waals surface area contributed by atoms with E-state index in [2.05, 4.69) is 15.6 Å². The van der Waals surface area contributed by atoms with Gasteiger partial charge in [-0.2, -0.15) is 0 Å². The molecule has 6 nitrogen and oxygen atoms in total. The third-order valence-electron chi connectivity index (χ3n) is 3.82. The van der Waals surface area contributed by atoms with Crippen molar-refractivity contribution < 1.29 is 14.6 Å². The quantitative estimate of drug-likeness (QED) is 0.323. The normalized spacial score (nSPS) is 15.2. The summed E-state index contributed by atoms with van der Waals surface area (Å²) in [6.45, 7) is 4.00. The molecule has 1 saturated carbocycles. The van der Waals surface area contributed by atoms with Crippen LogP contribution < -0.4 is 20.1 Å². The molecule has 0 saturated heterocycles.